The lowest BCUT2D eigenvalue weighted by atomic mass is 10.1. The van der Waals surface area contributed by atoms with E-state index in [1.165, 1.54) is 0 Å². The van der Waals surface area contributed by atoms with Gasteiger partial charge in [0.2, 0.25) is 0 Å². The molecule has 1 aromatic heterocycles. The van der Waals surface area contributed by atoms with Crippen LogP contribution in [0.2, 0.25) is 5.02 Å². The van der Waals surface area contributed by atoms with Crippen LogP contribution in [-0.2, 0) is 17.5 Å². The molecule has 2 fully saturated rings. The first kappa shape index (κ1) is 22.6. The minimum Gasteiger partial charge on any atom is -0.506 e. The van der Waals surface area contributed by atoms with E-state index < -0.39 is 52.7 Å². The molecule has 7 nitrogen and oxygen atoms in total. The maximum absolute atomic E-state index is 13.0. The number of nitrogens with zero attached hydrogens (tertiary/aromatic N) is 4. The molecule has 0 unspecified atom stereocenters. The Hall–Kier alpha value is -2.61. The summed E-state index contributed by atoms with van der Waals surface area (Å²) >= 11 is 6.64. The zero-order chi connectivity index (χ0) is 23.6. The number of aromatic hydroxyl groups is 1. The molecule has 1 N–H and O–H groups in total. The van der Waals surface area contributed by atoms with E-state index in [1.807, 2.05) is 0 Å². The third-order valence-corrected chi connectivity index (χ3v) is 6.39. The molecule has 3 amide bonds. The molecule has 172 valence electrons. The van der Waals surface area contributed by atoms with Crippen molar-refractivity contribution < 1.29 is 41.0 Å². The summed E-state index contributed by atoms with van der Waals surface area (Å²) in [5, 5.41) is 16.8. The van der Waals surface area contributed by atoms with Crippen LogP contribution in [0.15, 0.2) is 12.1 Å². The molecule has 2 aliphatic rings. The van der Waals surface area contributed by atoms with Crippen molar-refractivity contribution >= 4 is 34.9 Å². The molecular weight excluding hydrogens is 490 g/mol. The summed E-state index contributed by atoms with van der Waals surface area (Å²) < 4.78 is 77.4. The molecule has 4 rings (SSSR count). The van der Waals surface area contributed by atoms with Gasteiger partial charge in [0.25, 0.3) is 5.91 Å². The number of carbonyl (C=O) groups excluding carboxylic acids is 2. The Morgan fingerprint density at radius 1 is 1.12 bits per heavy atom. The number of amides is 3. The van der Waals surface area contributed by atoms with Crippen LogP contribution < -0.4 is 0 Å². The number of rotatable bonds is 4. The lowest BCUT2D eigenvalue weighted by Crippen LogP contribution is -2.39. The Morgan fingerprint density at radius 2 is 1.78 bits per heavy atom. The van der Waals surface area contributed by atoms with Gasteiger partial charge in [0.15, 0.2) is 0 Å². The maximum atomic E-state index is 13.0. The fraction of sp³-hybridized carbons (Fsp3) is 0.412. The second-order valence-electron chi connectivity index (χ2n) is 7.26. The molecule has 2 heterocycles. The van der Waals surface area contributed by atoms with Gasteiger partial charge in [-0.1, -0.05) is 22.9 Å². The van der Waals surface area contributed by atoms with Crippen molar-refractivity contribution in [2.45, 2.75) is 37.3 Å². The molecule has 0 atom stereocenters. The van der Waals surface area contributed by atoms with E-state index in [-0.39, 0.29) is 39.9 Å². The van der Waals surface area contributed by atoms with Crippen molar-refractivity contribution in [1.29, 1.82) is 0 Å². The Labute approximate surface area is 184 Å². The van der Waals surface area contributed by atoms with E-state index in [1.54, 1.807) is 0 Å². The SMILES string of the molecule is O=C1N(CC(F)(F)F)C(=O)C2(CC2)N1Cc1nnc(-c2cc(C(F)(F)F)cc(O)c2Cl)s1. The summed E-state index contributed by atoms with van der Waals surface area (Å²) in [6, 6.07) is -0.00469. The van der Waals surface area contributed by atoms with Gasteiger partial charge >= 0.3 is 18.4 Å². The van der Waals surface area contributed by atoms with Crippen molar-refractivity contribution in [2.24, 2.45) is 0 Å². The zero-order valence-corrected chi connectivity index (χ0v) is 17.2. The summed E-state index contributed by atoms with van der Waals surface area (Å²) in [6.45, 7) is -2.08. The van der Waals surface area contributed by atoms with Gasteiger partial charge in [0.05, 0.1) is 17.1 Å². The molecule has 0 radical (unpaired) electrons. The molecule has 1 aliphatic carbocycles. The Balaban J connectivity index is 1.62. The number of phenolic OH excluding ortho intramolecular Hbond substituents is 1. The predicted octanol–water partition coefficient (Wildman–Crippen LogP) is 4.44. The van der Waals surface area contributed by atoms with Crippen LogP contribution in [0.25, 0.3) is 10.6 Å². The minimum atomic E-state index is -4.77. The molecule has 1 aromatic carbocycles. The minimum absolute atomic E-state index is 0.0641. The number of halogens is 7. The highest BCUT2D eigenvalue weighted by Crippen LogP contribution is 2.49. The van der Waals surface area contributed by atoms with Gasteiger partial charge in [-0.2, -0.15) is 26.3 Å². The number of carbonyl (C=O) groups is 2. The average molecular weight is 501 g/mol. The highest BCUT2D eigenvalue weighted by Gasteiger charge is 2.65. The van der Waals surface area contributed by atoms with Crippen LogP contribution >= 0.6 is 22.9 Å². The molecule has 32 heavy (non-hydrogen) atoms. The van der Waals surface area contributed by atoms with E-state index in [2.05, 4.69) is 10.2 Å². The number of urea groups is 1. The van der Waals surface area contributed by atoms with Gasteiger partial charge in [0, 0.05) is 5.56 Å². The van der Waals surface area contributed by atoms with E-state index in [0.717, 1.165) is 16.2 Å². The lowest BCUT2D eigenvalue weighted by molar-refractivity contribution is -0.153. The summed E-state index contributed by atoms with van der Waals surface area (Å²) in [7, 11) is 0. The van der Waals surface area contributed by atoms with E-state index in [9.17, 15) is 41.0 Å². The Bertz CT molecular complexity index is 1110. The lowest BCUT2D eigenvalue weighted by Gasteiger charge is -2.19. The number of alkyl halides is 6. The van der Waals surface area contributed by atoms with E-state index in [4.69, 9.17) is 11.6 Å². The number of benzene rings is 1. The highest BCUT2D eigenvalue weighted by atomic mass is 35.5. The van der Waals surface area contributed by atoms with Crippen molar-refractivity contribution in [3.05, 3.63) is 27.7 Å². The third kappa shape index (κ3) is 3.85. The van der Waals surface area contributed by atoms with Gasteiger partial charge in [-0.05, 0) is 25.0 Å². The number of phenols is 1. The van der Waals surface area contributed by atoms with Gasteiger partial charge in [-0.25, -0.2) is 4.79 Å². The summed E-state index contributed by atoms with van der Waals surface area (Å²) in [5.74, 6) is -1.77. The summed E-state index contributed by atoms with van der Waals surface area (Å²) in [4.78, 5) is 26.0. The topological polar surface area (TPSA) is 86.6 Å². The summed E-state index contributed by atoms with van der Waals surface area (Å²) in [6.07, 6.45) is -9.17. The predicted molar refractivity (Wildman–Crippen MR) is 97.7 cm³/mol. The number of aromatic nitrogens is 2. The quantitative estimate of drug-likeness (QED) is 0.495. The molecule has 1 saturated heterocycles. The van der Waals surface area contributed by atoms with Crippen LogP contribution in [0.4, 0.5) is 31.1 Å². The smallest absolute Gasteiger partial charge is 0.416 e. The average Bonchev–Trinajstić information content (AvgIpc) is 3.31. The van der Waals surface area contributed by atoms with Crippen molar-refractivity contribution in [3.8, 4) is 16.3 Å². The first-order valence-electron chi connectivity index (χ1n) is 8.86. The van der Waals surface area contributed by atoms with Crippen molar-refractivity contribution in [1.82, 2.24) is 20.0 Å². The number of hydrogen-bond donors (Lipinski definition) is 1. The van der Waals surface area contributed by atoms with Crippen LogP contribution in [0.3, 0.4) is 0 Å². The zero-order valence-electron chi connectivity index (χ0n) is 15.6. The van der Waals surface area contributed by atoms with Crippen molar-refractivity contribution in [3.63, 3.8) is 0 Å². The standard InChI is InChI=1S/C17H11ClF6N4O3S/c18-11-8(3-7(4-9(11)29)17(22,23)24)12-26-25-10(32-12)5-28-14(31)27(6-16(19,20)21)13(30)15(28)1-2-15/h3-4,29H,1-2,5-6H2. The van der Waals surface area contributed by atoms with Gasteiger partial charge in [0.1, 0.15) is 27.8 Å². The van der Waals surface area contributed by atoms with Gasteiger partial charge in [-0.15, -0.1) is 10.2 Å². The second-order valence-corrected chi connectivity index (χ2v) is 8.70. The van der Waals surface area contributed by atoms with Gasteiger partial charge < -0.3 is 10.0 Å². The highest BCUT2D eigenvalue weighted by molar-refractivity contribution is 7.14. The largest absolute Gasteiger partial charge is 0.506 e. The first-order chi connectivity index (χ1) is 14.7. The van der Waals surface area contributed by atoms with Crippen LogP contribution in [-0.4, -0.2) is 55.3 Å². The maximum Gasteiger partial charge on any atom is 0.416 e. The fourth-order valence-electron chi connectivity index (χ4n) is 3.41. The first-order valence-corrected chi connectivity index (χ1v) is 10.1. The normalized spacial score (nSPS) is 18.2. The number of imide groups is 1. The Morgan fingerprint density at radius 3 is 2.34 bits per heavy atom. The van der Waals surface area contributed by atoms with Crippen LogP contribution in [0.1, 0.15) is 23.4 Å². The molecule has 1 spiro atoms. The summed E-state index contributed by atoms with van der Waals surface area (Å²) in [5.41, 5.74) is -2.81. The van der Waals surface area contributed by atoms with Crippen LogP contribution in [0, 0.1) is 0 Å². The third-order valence-electron chi connectivity index (χ3n) is 5.05. The monoisotopic (exact) mass is 500 g/mol. The second kappa shape index (κ2) is 7.20. The van der Waals surface area contributed by atoms with Crippen molar-refractivity contribution in [2.75, 3.05) is 6.54 Å². The molecule has 2 aromatic rings. The molecule has 0 bridgehead atoms. The molecule has 1 aliphatic heterocycles. The van der Waals surface area contributed by atoms with Gasteiger partial charge in [-0.3, -0.25) is 9.69 Å². The number of hydrogen-bond acceptors (Lipinski definition) is 6. The van der Waals surface area contributed by atoms with E-state index in [0.29, 0.717) is 12.1 Å². The Kier molecular flexibility index (Phi) is 5.08. The van der Waals surface area contributed by atoms with Crippen LogP contribution in [0.5, 0.6) is 5.75 Å². The van der Waals surface area contributed by atoms with E-state index >= 15 is 0 Å². The molecular formula is C17H11ClF6N4O3S. The molecule has 15 heteroatoms. The fourth-order valence-corrected chi connectivity index (χ4v) is 4.52. The molecule has 1 saturated carbocycles.